The molecule has 2 aromatic rings. The Morgan fingerprint density at radius 3 is 3.00 bits per heavy atom. The highest BCUT2D eigenvalue weighted by Crippen LogP contribution is 2.12. The predicted octanol–water partition coefficient (Wildman–Crippen LogP) is 2.81. The van der Waals surface area contributed by atoms with Crippen molar-refractivity contribution in [2.45, 2.75) is 6.54 Å². The molecule has 1 radical (unpaired) electrons. The molecule has 1 aromatic heterocycles. The zero-order valence-electron chi connectivity index (χ0n) is 7.64. The average molecular weight is 184 g/mol. The fourth-order valence-corrected chi connectivity index (χ4v) is 1.41. The smallest absolute Gasteiger partial charge is 0.100 e. The molecular formula is C11H10N3. The molecule has 69 valence electrons. The molecule has 0 aliphatic rings. The lowest BCUT2D eigenvalue weighted by Gasteiger charge is -2.05. The van der Waals surface area contributed by atoms with E-state index in [9.17, 15) is 0 Å². The molecule has 0 amide bonds. The van der Waals surface area contributed by atoms with Crippen molar-refractivity contribution in [1.29, 1.82) is 5.53 Å². The van der Waals surface area contributed by atoms with Gasteiger partial charge in [0, 0.05) is 17.6 Å². The summed E-state index contributed by atoms with van der Waals surface area (Å²) in [5.41, 5.74) is 8.91. The maximum absolute atomic E-state index is 6.84. The fraction of sp³-hybridized carbons (Fsp3) is 0.0909. The van der Waals surface area contributed by atoms with E-state index < -0.39 is 0 Å². The minimum Gasteiger partial charge on any atom is -0.319 e. The van der Waals surface area contributed by atoms with Crippen LogP contribution in [0.4, 0.5) is 0 Å². The fourth-order valence-electron chi connectivity index (χ4n) is 1.41. The Labute approximate surface area is 82.5 Å². The van der Waals surface area contributed by atoms with E-state index in [0.717, 1.165) is 11.4 Å². The number of hydrogen-bond donors (Lipinski definition) is 1. The summed E-state index contributed by atoms with van der Waals surface area (Å²) in [6, 6.07) is 14.7. The molecule has 0 saturated heterocycles. The highest BCUT2D eigenvalue weighted by molar-refractivity contribution is 5.34. The number of rotatable bonds is 3. The number of benzene rings is 1. The van der Waals surface area contributed by atoms with Gasteiger partial charge >= 0.3 is 0 Å². The second kappa shape index (κ2) is 3.87. The highest BCUT2D eigenvalue weighted by atomic mass is 15.0. The normalized spacial score (nSPS) is 10.0. The van der Waals surface area contributed by atoms with E-state index in [2.05, 4.69) is 11.2 Å². The van der Waals surface area contributed by atoms with Crippen LogP contribution in [0.1, 0.15) is 5.69 Å². The first kappa shape index (κ1) is 8.69. The molecule has 0 fully saturated rings. The summed E-state index contributed by atoms with van der Waals surface area (Å²) >= 11 is 0. The minimum atomic E-state index is 0.419. The van der Waals surface area contributed by atoms with Gasteiger partial charge in [0.25, 0.3) is 0 Å². The monoisotopic (exact) mass is 184 g/mol. The van der Waals surface area contributed by atoms with Crippen LogP contribution < -0.4 is 0 Å². The average Bonchev–Trinajstić information content (AvgIpc) is 2.68. The number of aromatic nitrogens is 1. The van der Waals surface area contributed by atoms with Crippen LogP contribution in [0.25, 0.3) is 5.69 Å². The third-order valence-corrected chi connectivity index (χ3v) is 2.04. The molecule has 14 heavy (non-hydrogen) atoms. The van der Waals surface area contributed by atoms with Crippen LogP contribution in [0.5, 0.6) is 0 Å². The van der Waals surface area contributed by atoms with Crippen LogP contribution in [0, 0.1) is 11.6 Å². The lowest BCUT2D eigenvalue weighted by molar-refractivity contribution is 0.839. The second-order valence-electron chi connectivity index (χ2n) is 2.95. The van der Waals surface area contributed by atoms with E-state index in [1.807, 2.05) is 47.2 Å². The van der Waals surface area contributed by atoms with Gasteiger partial charge in [-0.25, -0.2) is 5.53 Å². The topological polar surface area (TPSA) is 41.1 Å². The lowest BCUT2D eigenvalue weighted by atomic mass is 10.3. The summed E-state index contributed by atoms with van der Waals surface area (Å²) in [7, 11) is 0. The Hall–Kier alpha value is -1.90. The molecule has 0 spiro atoms. The van der Waals surface area contributed by atoms with Gasteiger partial charge in [-0.2, -0.15) is 5.11 Å². The van der Waals surface area contributed by atoms with Crippen LogP contribution >= 0.6 is 0 Å². The van der Waals surface area contributed by atoms with Gasteiger partial charge in [-0.15, -0.1) is 0 Å². The van der Waals surface area contributed by atoms with E-state index in [-0.39, 0.29) is 0 Å². The molecule has 1 N–H and O–H groups in total. The Kier molecular flexibility index (Phi) is 2.40. The third-order valence-electron chi connectivity index (χ3n) is 2.04. The largest absolute Gasteiger partial charge is 0.319 e. The summed E-state index contributed by atoms with van der Waals surface area (Å²) in [6.07, 6.45) is 1.96. The van der Waals surface area contributed by atoms with Crippen molar-refractivity contribution < 1.29 is 0 Å². The van der Waals surface area contributed by atoms with Crippen molar-refractivity contribution in [3.8, 4) is 5.69 Å². The second-order valence-corrected chi connectivity index (χ2v) is 2.95. The van der Waals surface area contributed by atoms with Crippen molar-refractivity contribution in [3.63, 3.8) is 0 Å². The van der Waals surface area contributed by atoms with Crippen molar-refractivity contribution in [1.82, 2.24) is 4.57 Å². The first-order valence-corrected chi connectivity index (χ1v) is 4.38. The molecule has 3 nitrogen and oxygen atoms in total. The molecule has 0 aliphatic heterocycles. The van der Waals surface area contributed by atoms with Gasteiger partial charge in [0.1, 0.15) is 6.54 Å². The van der Waals surface area contributed by atoms with Gasteiger partial charge in [-0.05, 0) is 30.3 Å². The van der Waals surface area contributed by atoms with Gasteiger partial charge in [0.05, 0.1) is 0 Å². The molecule has 1 aromatic carbocycles. The quantitative estimate of drug-likeness (QED) is 0.713. The minimum absolute atomic E-state index is 0.419. The molecule has 0 aliphatic carbocycles. The predicted molar refractivity (Wildman–Crippen MR) is 53.5 cm³/mol. The van der Waals surface area contributed by atoms with Gasteiger partial charge < -0.3 is 4.57 Å². The van der Waals surface area contributed by atoms with E-state index in [4.69, 9.17) is 5.53 Å². The maximum atomic E-state index is 6.84. The molecule has 0 atom stereocenters. The maximum Gasteiger partial charge on any atom is 0.100 e. The van der Waals surface area contributed by atoms with Crippen molar-refractivity contribution >= 4 is 0 Å². The van der Waals surface area contributed by atoms with Crippen molar-refractivity contribution in [3.05, 3.63) is 54.4 Å². The number of nitrogens with one attached hydrogen (secondary N) is 1. The van der Waals surface area contributed by atoms with Crippen LogP contribution in [-0.2, 0) is 6.54 Å². The van der Waals surface area contributed by atoms with Crippen LogP contribution in [0.15, 0.2) is 47.7 Å². The Morgan fingerprint density at radius 2 is 2.29 bits per heavy atom. The molecule has 2 rings (SSSR count). The Bertz CT molecular complexity index is 417. The van der Waals surface area contributed by atoms with E-state index in [1.54, 1.807) is 0 Å². The summed E-state index contributed by atoms with van der Waals surface area (Å²) in [4.78, 5) is 0. The van der Waals surface area contributed by atoms with Crippen molar-refractivity contribution in [2.24, 2.45) is 5.11 Å². The van der Waals surface area contributed by atoms with Gasteiger partial charge in [0.15, 0.2) is 0 Å². The number of nitrogens with zero attached hydrogens (tertiary/aromatic N) is 2. The first-order chi connectivity index (χ1) is 6.92. The molecule has 3 heteroatoms. The van der Waals surface area contributed by atoms with Crippen LogP contribution in [0.3, 0.4) is 0 Å². The molecule has 0 unspecified atom stereocenters. The van der Waals surface area contributed by atoms with Crippen LogP contribution in [-0.4, -0.2) is 4.57 Å². The Morgan fingerprint density at radius 1 is 1.36 bits per heavy atom. The standard InChI is InChI=1S/C11H10N3/c12-13-9-11-7-4-8-14(11)10-5-2-1-3-6-10/h1-2,4-8,12H,9H2. The van der Waals surface area contributed by atoms with Gasteiger partial charge in [-0.3, -0.25) is 0 Å². The van der Waals surface area contributed by atoms with Crippen LogP contribution in [0.2, 0.25) is 0 Å². The number of hydrogen-bond acceptors (Lipinski definition) is 2. The Balaban J connectivity index is 2.41. The van der Waals surface area contributed by atoms with Gasteiger partial charge in [0.2, 0.25) is 0 Å². The lowest BCUT2D eigenvalue weighted by Crippen LogP contribution is -1.96. The summed E-state index contributed by atoms with van der Waals surface area (Å²) in [5.74, 6) is 0. The molecule has 0 saturated carbocycles. The zero-order valence-corrected chi connectivity index (χ0v) is 7.64. The van der Waals surface area contributed by atoms with E-state index in [1.165, 1.54) is 0 Å². The summed E-state index contributed by atoms with van der Waals surface area (Å²) in [6.45, 7) is 0.419. The highest BCUT2D eigenvalue weighted by Gasteiger charge is 2.00. The molecule has 0 bridgehead atoms. The van der Waals surface area contributed by atoms with Crippen molar-refractivity contribution in [2.75, 3.05) is 0 Å². The SMILES string of the molecule is N=NCc1cccn1-c1c[c]ccc1. The summed E-state index contributed by atoms with van der Waals surface area (Å²) < 4.78 is 2.01. The molecular weight excluding hydrogens is 174 g/mol. The summed E-state index contributed by atoms with van der Waals surface area (Å²) in [5, 5.41) is 3.38. The molecule has 1 heterocycles. The first-order valence-electron chi connectivity index (χ1n) is 4.38. The third kappa shape index (κ3) is 1.57. The zero-order chi connectivity index (χ0) is 9.80. The van der Waals surface area contributed by atoms with Gasteiger partial charge in [-0.1, -0.05) is 12.1 Å². The van der Waals surface area contributed by atoms with E-state index in [0.29, 0.717) is 6.54 Å². The van der Waals surface area contributed by atoms with E-state index >= 15 is 0 Å².